The lowest BCUT2D eigenvalue weighted by molar-refractivity contribution is 0.144. The standard InChI is InChI=1S/C6H13Cl2O2P/c1-2-10-5-3-4-6-11(7,8)9/h2-6H2,1H3. The van der Waals surface area contributed by atoms with Crippen LogP contribution in [-0.2, 0) is 9.30 Å². The highest BCUT2D eigenvalue weighted by atomic mass is 35.9. The molecule has 0 unspecified atom stereocenters. The van der Waals surface area contributed by atoms with Crippen molar-refractivity contribution in [3.63, 3.8) is 0 Å². The second-order valence-corrected chi connectivity index (χ2v) is 7.58. The van der Waals surface area contributed by atoms with Crippen molar-refractivity contribution >= 4 is 28.3 Å². The zero-order valence-electron chi connectivity index (χ0n) is 6.56. The molecule has 68 valence electrons. The zero-order chi connectivity index (χ0) is 8.74. The summed E-state index contributed by atoms with van der Waals surface area (Å²) >= 11 is 10.7. The molecule has 0 N–H and O–H groups in total. The maximum atomic E-state index is 10.7. The topological polar surface area (TPSA) is 26.3 Å². The Balaban J connectivity index is 3.09. The van der Waals surface area contributed by atoms with Crippen molar-refractivity contribution in [2.45, 2.75) is 19.8 Å². The third-order valence-corrected chi connectivity index (χ3v) is 3.01. The Kier molecular flexibility index (Phi) is 6.75. The van der Waals surface area contributed by atoms with E-state index in [0.717, 1.165) is 19.4 Å². The van der Waals surface area contributed by atoms with E-state index in [9.17, 15) is 4.57 Å². The summed E-state index contributed by atoms with van der Waals surface area (Å²) in [6.45, 7) is 3.36. The van der Waals surface area contributed by atoms with Gasteiger partial charge in [0.25, 0.3) is 5.85 Å². The van der Waals surface area contributed by atoms with Gasteiger partial charge in [-0.1, -0.05) is 0 Å². The van der Waals surface area contributed by atoms with Crippen LogP contribution in [0.25, 0.3) is 0 Å². The van der Waals surface area contributed by atoms with E-state index in [2.05, 4.69) is 0 Å². The van der Waals surface area contributed by atoms with Gasteiger partial charge in [0.1, 0.15) is 0 Å². The molecule has 0 aliphatic heterocycles. The average molecular weight is 219 g/mol. The second-order valence-electron chi connectivity index (χ2n) is 2.20. The van der Waals surface area contributed by atoms with Crippen molar-refractivity contribution in [1.29, 1.82) is 0 Å². The third-order valence-electron chi connectivity index (χ3n) is 1.16. The lowest BCUT2D eigenvalue weighted by atomic mass is 10.4. The van der Waals surface area contributed by atoms with E-state index < -0.39 is 5.85 Å². The van der Waals surface area contributed by atoms with Gasteiger partial charge < -0.3 is 4.74 Å². The van der Waals surface area contributed by atoms with Crippen LogP contribution in [0.2, 0.25) is 0 Å². The quantitative estimate of drug-likeness (QED) is 0.505. The normalized spacial score (nSPS) is 11.9. The fourth-order valence-corrected chi connectivity index (χ4v) is 1.95. The predicted molar refractivity (Wildman–Crippen MR) is 49.9 cm³/mol. The number of halogens is 2. The summed E-state index contributed by atoms with van der Waals surface area (Å²) in [5.74, 6) is -2.83. The van der Waals surface area contributed by atoms with Gasteiger partial charge in [-0.2, -0.15) is 0 Å². The largest absolute Gasteiger partial charge is 0.382 e. The number of ether oxygens (including phenoxy) is 1. The highest BCUT2D eigenvalue weighted by Gasteiger charge is 2.11. The van der Waals surface area contributed by atoms with E-state index in [4.69, 9.17) is 27.2 Å². The summed E-state index contributed by atoms with van der Waals surface area (Å²) in [4.78, 5) is 0. The van der Waals surface area contributed by atoms with Crippen molar-refractivity contribution < 1.29 is 9.30 Å². The summed E-state index contributed by atoms with van der Waals surface area (Å²) in [6, 6.07) is 0. The number of hydrogen-bond acceptors (Lipinski definition) is 2. The molecule has 0 saturated heterocycles. The van der Waals surface area contributed by atoms with Crippen LogP contribution in [0.3, 0.4) is 0 Å². The molecule has 0 aliphatic carbocycles. The SMILES string of the molecule is CCOCCCCP(=O)(Cl)Cl. The van der Waals surface area contributed by atoms with E-state index in [-0.39, 0.29) is 0 Å². The van der Waals surface area contributed by atoms with E-state index >= 15 is 0 Å². The van der Waals surface area contributed by atoms with E-state index in [1.807, 2.05) is 6.92 Å². The lowest BCUT2D eigenvalue weighted by Gasteiger charge is -2.01. The molecular formula is C6H13Cl2O2P. The van der Waals surface area contributed by atoms with Crippen molar-refractivity contribution in [1.82, 2.24) is 0 Å². The monoisotopic (exact) mass is 218 g/mol. The van der Waals surface area contributed by atoms with Crippen LogP contribution in [0, 0.1) is 0 Å². The summed E-state index contributed by atoms with van der Waals surface area (Å²) in [7, 11) is 0. The highest BCUT2D eigenvalue weighted by molar-refractivity contribution is 8.08. The molecule has 2 nitrogen and oxygen atoms in total. The van der Waals surface area contributed by atoms with Crippen LogP contribution in [-0.4, -0.2) is 19.4 Å². The minimum absolute atomic E-state index is 0.392. The highest BCUT2D eigenvalue weighted by Crippen LogP contribution is 2.56. The molecular weight excluding hydrogens is 206 g/mol. The van der Waals surface area contributed by atoms with Crippen LogP contribution >= 0.6 is 28.3 Å². The Morgan fingerprint density at radius 3 is 2.45 bits per heavy atom. The fourth-order valence-electron chi connectivity index (χ4n) is 0.644. The molecule has 0 amide bonds. The molecule has 0 rings (SSSR count). The molecule has 0 heterocycles. The van der Waals surface area contributed by atoms with E-state index in [1.54, 1.807) is 0 Å². The van der Waals surface area contributed by atoms with Crippen molar-refractivity contribution in [2.75, 3.05) is 19.4 Å². The summed E-state index contributed by atoms with van der Waals surface area (Å²) < 4.78 is 15.8. The molecule has 0 saturated carbocycles. The van der Waals surface area contributed by atoms with Crippen LogP contribution < -0.4 is 0 Å². The molecule has 0 radical (unpaired) electrons. The van der Waals surface area contributed by atoms with Crippen LogP contribution in [0.5, 0.6) is 0 Å². The van der Waals surface area contributed by atoms with Gasteiger partial charge >= 0.3 is 0 Å². The molecule has 5 heteroatoms. The summed E-state index contributed by atoms with van der Waals surface area (Å²) in [5, 5.41) is 0. The van der Waals surface area contributed by atoms with Gasteiger partial charge in [-0.25, -0.2) is 0 Å². The van der Waals surface area contributed by atoms with Gasteiger partial charge in [0.15, 0.2) is 0 Å². The Hall–Kier alpha value is 0.770. The summed E-state index contributed by atoms with van der Waals surface area (Å²) in [6.07, 6.45) is 2.03. The van der Waals surface area contributed by atoms with Gasteiger partial charge in [0, 0.05) is 19.4 Å². The molecule has 11 heavy (non-hydrogen) atoms. The first-order chi connectivity index (χ1) is 5.06. The molecule has 0 fully saturated rings. The van der Waals surface area contributed by atoms with Crippen LogP contribution in [0.4, 0.5) is 0 Å². The van der Waals surface area contributed by atoms with E-state index in [1.165, 1.54) is 0 Å². The number of rotatable bonds is 6. The first-order valence-electron chi connectivity index (χ1n) is 3.62. The Morgan fingerprint density at radius 1 is 1.36 bits per heavy atom. The first kappa shape index (κ1) is 11.8. The predicted octanol–water partition coefficient (Wildman–Crippen LogP) is 3.47. The first-order valence-corrected chi connectivity index (χ1v) is 7.32. The molecule has 0 spiro atoms. The molecule has 0 aromatic heterocycles. The van der Waals surface area contributed by atoms with Crippen molar-refractivity contribution in [2.24, 2.45) is 0 Å². The zero-order valence-corrected chi connectivity index (χ0v) is 8.96. The van der Waals surface area contributed by atoms with Gasteiger partial charge in [-0.3, -0.25) is 4.57 Å². The lowest BCUT2D eigenvalue weighted by Crippen LogP contribution is -1.93. The molecule has 0 aromatic carbocycles. The second kappa shape index (κ2) is 6.30. The molecule has 0 aromatic rings. The minimum atomic E-state index is -2.83. The average Bonchev–Trinajstić information content (AvgIpc) is 1.85. The van der Waals surface area contributed by atoms with Gasteiger partial charge in [-0.05, 0) is 42.2 Å². The van der Waals surface area contributed by atoms with Gasteiger partial charge in [0.05, 0.1) is 0 Å². The summed E-state index contributed by atoms with van der Waals surface area (Å²) in [5.41, 5.74) is 0. The Labute approximate surface area is 77.2 Å². The van der Waals surface area contributed by atoms with Crippen molar-refractivity contribution in [3.05, 3.63) is 0 Å². The van der Waals surface area contributed by atoms with Crippen molar-refractivity contribution in [3.8, 4) is 0 Å². The fraction of sp³-hybridized carbons (Fsp3) is 1.00. The number of unbranched alkanes of at least 4 members (excludes halogenated alkanes) is 1. The Morgan fingerprint density at radius 2 is 2.00 bits per heavy atom. The smallest absolute Gasteiger partial charge is 0.253 e. The Bertz CT molecular complexity index is 135. The van der Waals surface area contributed by atoms with Gasteiger partial charge in [-0.15, -0.1) is 0 Å². The molecule has 0 aliphatic rings. The van der Waals surface area contributed by atoms with Crippen LogP contribution in [0.15, 0.2) is 0 Å². The molecule has 0 bridgehead atoms. The van der Waals surface area contributed by atoms with Crippen LogP contribution in [0.1, 0.15) is 19.8 Å². The maximum absolute atomic E-state index is 10.7. The van der Waals surface area contributed by atoms with Gasteiger partial charge in [0.2, 0.25) is 0 Å². The number of hydrogen-bond donors (Lipinski definition) is 0. The maximum Gasteiger partial charge on any atom is 0.253 e. The van der Waals surface area contributed by atoms with E-state index in [0.29, 0.717) is 12.8 Å². The molecule has 0 atom stereocenters. The third kappa shape index (κ3) is 10.8. The minimum Gasteiger partial charge on any atom is -0.382 e.